The van der Waals surface area contributed by atoms with Crippen molar-refractivity contribution in [3.8, 4) is 56.2 Å². The van der Waals surface area contributed by atoms with Crippen molar-refractivity contribution >= 4 is 42.4 Å². The van der Waals surface area contributed by atoms with Crippen molar-refractivity contribution in [2.75, 3.05) is 0 Å². The van der Waals surface area contributed by atoms with Crippen LogP contribution in [0.2, 0.25) is 0 Å². The second kappa shape index (κ2) is 11.4. The Labute approximate surface area is 276 Å². The van der Waals surface area contributed by atoms with Gasteiger partial charge in [0.2, 0.25) is 0 Å². The molecule has 6 aromatic carbocycles. The fourth-order valence-electron chi connectivity index (χ4n) is 6.47. The van der Waals surface area contributed by atoms with Crippen LogP contribution in [-0.4, -0.2) is 15.0 Å². The second-order valence-electron chi connectivity index (χ2n) is 11.7. The highest BCUT2D eigenvalue weighted by Gasteiger charge is 2.17. The molecule has 0 aliphatic heterocycles. The Morgan fingerprint density at radius 3 is 1.77 bits per heavy atom. The van der Waals surface area contributed by atoms with Crippen molar-refractivity contribution in [1.82, 2.24) is 15.0 Å². The first kappa shape index (κ1) is 27.3. The van der Waals surface area contributed by atoms with Crippen molar-refractivity contribution in [2.45, 2.75) is 0 Å². The predicted molar refractivity (Wildman–Crippen MR) is 197 cm³/mol. The summed E-state index contributed by atoms with van der Waals surface area (Å²) in [6, 6.07) is 55.4. The van der Waals surface area contributed by atoms with E-state index >= 15 is 0 Å². The molecule has 0 bridgehead atoms. The molecule has 3 heterocycles. The third-order valence-electron chi connectivity index (χ3n) is 8.73. The van der Waals surface area contributed by atoms with Gasteiger partial charge >= 0.3 is 0 Å². The summed E-state index contributed by atoms with van der Waals surface area (Å²) in [5.74, 6) is 0.690. The molecule has 0 spiro atoms. The van der Waals surface area contributed by atoms with Gasteiger partial charge in [0.15, 0.2) is 5.82 Å². The van der Waals surface area contributed by atoms with Crippen molar-refractivity contribution in [3.05, 3.63) is 164 Å². The van der Waals surface area contributed by atoms with Gasteiger partial charge in [0.1, 0.15) is 0 Å². The van der Waals surface area contributed by atoms with Crippen molar-refractivity contribution < 1.29 is 0 Å². The zero-order valence-electron chi connectivity index (χ0n) is 25.3. The van der Waals surface area contributed by atoms with Crippen LogP contribution in [-0.2, 0) is 0 Å². The summed E-state index contributed by atoms with van der Waals surface area (Å²) in [6.45, 7) is 0. The molecule has 0 aliphatic rings. The summed E-state index contributed by atoms with van der Waals surface area (Å²) in [7, 11) is 0. The average Bonchev–Trinajstić information content (AvgIpc) is 3.54. The molecule has 0 radical (unpaired) electrons. The fourth-order valence-corrected chi connectivity index (χ4v) is 7.66. The monoisotopic (exact) mass is 617 g/mol. The van der Waals surface area contributed by atoms with E-state index in [2.05, 4.69) is 146 Å². The number of thiophene rings is 1. The number of aromatic nitrogens is 3. The van der Waals surface area contributed by atoms with Crippen molar-refractivity contribution in [1.29, 1.82) is 0 Å². The molecule has 3 nitrogen and oxygen atoms in total. The Morgan fingerprint density at radius 2 is 1.02 bits per heavy atom. The van der Waals surface area contributed by atoms with Crippen LogP contribution in [0.5, 0.6) is 0 Å². The van der Waals surface area contributed by atoms with E-state index in [0.717, 1.165) is 50.3 Å². The van der Waals surface area contributed by atoms with E-state index in [9.17, 15) is 0 Å². The number of hydrogen-bond acceptors (Lipinski definition) is 4. The zero-order valence-corrected chi connectivity index (χ0v) is 26.2. The minimum absolute atomic E-state index is 0.690. The first-order chi connectivity index (χ1) is 23.3. The Morgan fingerprint density at radius 1 is 0.426 bits per heavy atom. The van der Waals surface area contributed by atoms with E-state index in [1.54, 1.807) is 11.3 Å². The third kappa shape index (κ3) is 4.96. The predicted octanol–water partition coefficient (Wildman–Crippen LogP) is 11.7. The Balaban J connectivity index is 1.33. The number of nitrogens with zero attached hydrogens (tertiary/aromatic N) is 3. The van der Waals surface area contributed by atoms with Gasteiger partial charge in [0, 0.05) is 38.5 Å². The summed E-state index contributed by atoms with van der Waals surface area (Å²) >= 11 is 1.79. The lowest BCUT2D eigenvalue weighted by atomic mass is 9.93. The van der Waals surface area contributed by atoms with Gasteiger partial charge in [0.25, 0.3) is 0 Å². The summed E-state index contributed by atoms with van der Waals surface area (Å²) in [6.07, 6.45) is 1.93. The molecule has 4 heteroatoms. The zero-order chi connectivity index (χ0) is 31.2. The average molecular weight is 618 g/mol. The summed E-state index contributed by atoms with van der Waals surface area (Å²) in [5.41, 5.74) is 10.5. The van der Waals surface area contributed by atoms with Gasteiger partial charge in [-0.3, -0.25) is 4.98 Å². The first-order valence-corrected chi connectivity index (χ1v) is 16.5. The lowest BCUT2D eigenvalue weighted by Crippen LogP contribution is -1.97. The van der Waals surface area contributed by atoms with Gasteiger partial charge in [-0.25, -0.2) is 9.97 Å². The van der Waals surface area contributed by atoms with Gasteiger partial charge in [-0.05, 0) is 63.9 Å². The second-order valence-corrected chi connectivity index (χ2v) is 12.7. The molecule has 47 heavy (non-hydrogen) atoms. The van der Waals surface area contributed by atoms with Crippen LogP contribution in [0.4, 0.5) is 0 Å². The van der Waals surface area contributed by atoms with E-state index in [4.69, 9.17) is 15.0 Å². The smallest absolute Gasteiger partial charge is 0.160 e. The molecule has 0 amide bonds. The summed E-state index contributed by atoms with van der Waals surface area (Å²) in [5, 5.41) is 3.61. The molecule has 220 valence electrons. The van der Waals surface area contributed by atoms with E-state index in [1.165, 1.54) is 31.1 Å². The number of pyridine rings is 1. The van der Waals surface area contributed by atoms with Crippen LogP contribution in [0.15, 0.2) is 164 Å². The molecule has 0 saturated heterocycles. The quantitative estimate of drug-likeness (QED) is 0.193. The normalized spacial score (nSPS) is 11.4. The molecule has 0 atom stereocenters. The topological polar surface area (TPSA) is 38.7 Å². The van der Waals surface area contributed by atoms with Gasteiger partial charge in [-0.2, -0.15) is 0 Å². The molecule has 0 saturated carbocycles. The van der Waals surface area contributed by atoms with Crippen LogP contribution in [0, 0.1) is 0 Å². The summed E-state index contributed by atoms with van der Waals surface area (Å²) < 4.78 is 2.41. The SMILES string of the molecule is c1ccc(-c2cc(-c3ccccc3)nc(-c3cc(-c4cccc5ccccc45)cc(-c4ccnc5c4sc4ccccc45)c3)n2)cc1. The molecular weight excluding hydrogens is 591 g/mol. The van der Waals surface area contributed by atoms with E-state index in [0.29, 0.717) is 5.82 Å². The third-order valence-corrected chi connectivity index (χ3v) is 9.92. The molecule has 0 aliphatic carbocycles. The van der Waals surface area contributed by atoms with E-state index in [1.807, 2.05) is 18.3 Å². The maximum absolute atomic E-state index is 5.21. The molecule has 0 fully saturated rings. The number of rotatable bonds is 5. The maximum Gasteiger partial charge on any atom is 0.160 e. The van der Waals surface area contributed by atoms with Crippen LogP contribution in [0.25, 0.3) is 87.2 Å². The molecule has 9 aromatic rings. The lowest BCUT2D eigenvalue weighted by Gasteiger charge is -2.14. The minimum Gasteiger partial charge on any atom is -0.255 e. The van der Waals surface area contributed by atoms with Crippen molar-refractivity contribution in [2.24, 2.45) is 0 Å². The van der Waals surface area contributed by atoms with Gasteiger partial charge < -0.3 is 0 Å². The molecule has 3 aromatic heterocycles. The standard InChI is InChI=1S/C43H27N3S/c1-3-13-29(14-4-1)38-27-39(30-15-5-2-6-16-30)46-43(45-38)33-25-31(35-20-11-17-28-12-7-8-18-34(28)35)24-32(26-33)36-22-23-44-41-37-19-9-10-21-40(37)47-42(36)41/h1-27H. The van der Waals surface area contributed by atoms with Gasteiger partial charge in [-0.1, -0.05) is 121 Å². The number of hydrogen-bond donors (Lipinski definition) is 0. The minimum atomic E-state index is 0.690. The van der Waals surface area contributed by atoms with Crippen LogP contribution >= 0.6 is 11.3 Å². The highest BCUT2D eigenvalue weighted by molar-refractivity contribution is 7.26. The van der Waals surface area contributed by atoms with Crippen LogP contribution in [0.1, 0.15) is 0 Å². The maximum atomic E-state index is 5.21. The summed E-state index contributed by atoms with van der Waals surface area (Å²) in [4.78, 5) is 15.2. The van der Waals surface area contributed by atoms with E-state index < -0.39 is 0 Å². The van der Waals surface area contributed by atoms with Gasteiger partial charge in [0.05, 0.1) is 21.6 Å². The number of benzene rings is 6. The highest BCUT2D eigenvalue weighted by atomic mass is 32.1. The van der Waals surface area contributed by atoms with Crippen LogP contribution in [0.3, 0.4) is 0 Å². The fraction of sp³-hybridized carbons (Fsp3) is 0. The van der Waals surface area contributed by atoms with Crippen molar-refractivity contribution in [3.63, 3.8) is 0 Å². The molecule has 0 N–H and O–H groups in total. The largest absolute Gasteiger partial charge is 0.255 e. The Hall–Kier alpha value is -5.97. The Bertz CT molecular complexity index is 2510. The van der Waals surface area contributed by atoms with Crippen LogP contribution < -0.4 is 0 Å². The molecule has 9 rings (SSSR count). The number of fused-ring (bicyclic) bond motifs is 4. The van der Waals surface area contributed by atoms with Gasteiger partial charge in [-0.15, -0.1) is 11.3 Å². The lowest BCUT2D eigenvalue weighted by molar-refractivity contribution is 1.18. The van der Waals surface area contributed by atoms with E-state index in [-0.39, 0.29) is 0 Å². The highest BCUT2D eigenvalue weighted by Crippen LogP contribution is 2.42. The Kier molecular flexibility index (Phi) is 6.65. The first-order valence-electron chi connectivity index (χ1n) is 15.7. The molecule has 0 unspecified atom stereocenters. The molecular formula is C43H27N3S.